The number of carbonyl (C=O) groups excluding carboxylic acids is 1. The Balaban J connectivity index is 1.80. The van der Waals surface area contributed by atoms with Gasteiger partial charge in [-0.2, -0.15) is 5.26 Å². The van der Waals surface area contributed by atoms with Gasteiger partial charge in [0, 0.05) is 17.8 Å². The molecule has 23 heavy (non-hydrogen) atoms. The number of hydrogen-bond acceptors (Lipinski definition) is 3. The quantitative estimate of drug-likeness (QED) is 0.808. The predicted molar refractivity (Wildman–Crippen MR) is 79.4 cm³/mol. The molecule has 0 aliphatic heterocycles. The Morgan fingerprint density at radius 2 is 2.04 bits per heavy atom. The summed E-state index contributed by atoms with van der Waals surface area (Å²) in [4.78, 5) is 16.0. The van der Waals surface area contributed by atoms with Crippen molar-refractivity contribution in [1.82, 2.24) is 9.55 Å². The van der Waals surface area contributed by atoms with Crippen LogP contribution >= 0.6 is 0 Å². The first-order valence-electron chi connectivity index (χ1n) is 6.67. The van der Waals surface area contributed by atoms with Gasteiger partial charge in [-0.25, -0.2) is 13.8 Å². The van der Waals surface area contributed by atoms with Crippen molar-refractivity contribution >= 4 is 22.6 Å². The van der Waals surface area contributed by atoms with E-state index in [9.17, 15) is 13.6 Å². The number of anilines is 1. The molecule has 2 aromatic carbocycles. The lowest BCUT2D eigenvalue weighted by Crippen LogP contribution is -2.18. The molecule has 0 spiro atoms. The molecule has 114 valence electrons. The van der Waals surface area contributed by atoms with E-state index in [-0.39, 0.29) is 18.0 Å². The number of hydrogen-bond donors (Lipinski definition) is 1. The van der Waals surface area contributed by atoms with Crippen molar-refractivity contribution in [3.05, 3.63) is 59.9 Å². The van der Waals surface area contributed by atoms with E-state index in [1.165, 1.54) is 10.9 Å². The predicted octanol–water partition coefficient (Wildman–Crippen LogP) is 2.82. The van der Waals surface area contributed by atoms with E-state index in [4.69, 9.17) is 5.26 Å². The highest BCUT2D eigenvalue weighted by Crippen LogP contribution is 2.17. The van der Waals surface area contributed by atoms with E-state index >= 15 is 0 Å². The van der Waals surface area contributed by atoms with Crippen LogP contribution in [0.15, 0.2) is 42.7 Å². The first-order valence-corrected chi connectivity index (χ1v) is 6.67. The summed E-state index contributed by atoms with van der Waals surface area (Å²) >= 11 is 0. The van der Waals surface area contributed by atoms with Crippen LogP contribution in [0, 0.1) is 23.0 Å². The number of halogens is 2. The minimum atomic E-state index is -0.999. The standard InChI is InChI=1S/C16H10F2N4O/c17-12-5-14-15(6-13(12)18)22(9-20-14)8-16(23)21-11-3-1-2-10(4-11)7-19/h1-6,9H,8H2,(H,21,23). The van der Waals surface area contributed by atoms with E-state index in [2.05, 4.69) is 10.3 Å². The molecule has 3 aromatic rings. The van der Waals surface area contributed by atoms with E-state index in [1.807, 2.05) is 6.07 Å². The zero-order valence-electron chi connectivity index (χ0n) is 11.8. The second kappa shape index (κ2) is 5.85. The molecular weight excluding hydrogens is 302 g/mol. The molecule has 0 saturated carbocycles. The normalized spacial score (nSPS) is 10.5. The molecule has 0 aliphatic carbocycles. The lowest BCUT2D eigenvalue weighted by molar-refractivity contribution is -0.116. The maximum atomic E-state index is 13.3. The molecule has 0 aliphatic rings. The summed E-state index contributed by atoms with van der Waals surface area (Å²) in [5, 5.41) is 11.5. The smallest absolute Gasteiger partial charge is 0.244 e. The summed E-state index contributed by atoms with van der Waals surface area (Å²) in [5.41, 5.74) is 1.50. The van der Waals surface area contributed by atoms with Gasteiger partial charge < -0.3 is 9.88 Å². The van der Waals surface area contributed by atoms with Gasteiger partial charge in [0.25, 0.3) is 0 Å². The van der Waals surface area contributed by atoms with Gasteiger partial charge in [-0.05, 0) is 18.2 Å². The van der Waals surface area contributed by atoms with E-state index in [0.717, 1.165) is 12.1 Å². The fourth-order valence-electron chi connectivity index (χ4n) is 2.20. The zero-order chi connectivity index (χ0) is 16.4. The first kappa shape index (κ1) is 14.7. The summed E-state index contributed by atoms with van der Waals surface area (Å²) in [6, 6.07) is 10.4. The number of aromatic nitrogens is 2. The molecule has 0 saturated heterocycles. The summed E-state index contributed by atoms with van der Waals surface area (Å²) in [5.74, 6) is -2.36. The largest absolute Gasteiger partial charge is 0.324 e. The molecule has 1 amide bonds. The van der Waals surface area contributed by atoms with Crippen LogP contribution in [0.1, 0.15) is 5.56 Å². The number of nitriles is 1. The van der Waals surface area contributed by atoms with Gasteiger partial charge in [-0.3, -0.25) is 4.79 Å². The van der Waals surface area contributed by atoms with Gasteiger partial charge in [0.1, 0.15) is 6.54 Å². The molecule has 3 rings (SSSR count). The van der Waals surface area contributed by atoms with Gasteiger partial charge in [0.2, 0.25) is 5.91 Å². The van der Waals surface area contributed by atoms with Crippen LogP contribution in [0.2, 0.25) is 0 Å². The Kier molecular flexibility index (Phi) is 3.73. The number of fused-ring (bicyclic) bond motifs is 1. The highest BCUT2D eigenvalue weighted by molar-refractivity contribution is 5.91. The summed E-state index contributed by atoms with van der Waals surface area (Å²) in [7, 11) is 0. The van der Waals surface area contributed by atoms with E-state index < -0.39 is 11.6 Å². The molecule has 1 aromatic heterocycles. The summed E-state index contributed by atoms with van der Waals surface area (Å²) in [6.07, 6.45) is 1.34. The topological polar surface area (TPSA) is 70.7 Å². The van der Waals surface area contributed by atoms with Crippen LogP contribution in [0.3, 0.4) is 0 Å². The van der Waals surface area contributed by atoms with Gasteiger partial charge in [-0.15, -0.1) is 0 Å². The molecule has 0 bridgehead atoms. The van der Waals surface area contributed by atoms with Crippen LogP contribution in [-0.4, -0.2) is 15.5 Å². The average molecular weight is 312 g/mol. The molecule has 0 radical (unpaired) electrons. The second-order valence-corrected chi connectivity index (χ2v) is 4.87. The Bertz CT molecular complexity index is 943. The van der Waals surface area contributed by atoms with Crippen LogP contribution < -0.4 is 5.32 Å². The number of nitrogens with one attached hydrogen (secondary N) is 1. The maximum Gasteiger partial charge on any atom is 0.244 e. The molecule has 1 N–H and O–H groups in total. The third-order valence-electron chi connectivity index (χ3n) is 3.25. The van der Waals surface area contributed by atoms with Gasteiger partial charge >= 0.3 is 0 Å². The van der Waals surface area contributed by atoms with Crippen molar-refractivity contribution in [2.45, 2.75) is 6.54 Å². The monoisotopic (exact) mass is 312 g/mol. The number of carbonyl (C=O) groups is 1. The molecule has 0 unspecified atom stereocenters. The van der Waals surface area contributed by atoms with E-state index in [1.54, 1.807) is 24.3 Å². The van der Waals surface area contributed by atoms with Crippen molar-refractivity contribution in [1.29, 1.82) is 5.26 Å². The lowest BCUT2D eigenvalue weighted by atomic mass is 10.2. The number of imidazole rings is 1. The average Bonchev–Trinajstić information content (AvgIpc) is 2.90. The van der Waals surface area contributed by atoms with Gasteiger partial charge in [0.15, 0.2) is 11.6 Å². The molecule has 0 atom stereocenters. The fourth-order valence-corrected chi connectivity index (χ4v) is 2.20. The van der Waals surface area contributed by atoms with Crippen LogP contribution in [0.4, 0.5) is 14.5 Å². The number of amides is 1. The first-order chi connectivity index (χ1) is 11.1. The van der Waals surface area contributed by atoms with Crippen molar-refractivity contribution in [2.24, 2.45) is 0 Å². The second-order valence-electron chi connectivity index (χ2n) is 4.87. The molecular formula is C16H10F2N4O. The maximum absolute atomic E-state index is 13.3. The Morgan fingerprint density at radius 3 is 2.83 bits per heavy atom. The van der Waals surface area contributed by atoms with Crippen LogP contribution in [0.5, 0.6) is 0 Å². The summed E-state index contributed by atoms with van der Waals surface area (Å²) in [6.45, 7) is -0.113. The minimum absolute atomic E-state index is 0.113. The van der Waals surface area contributed by atoms with Gasteiger partial charge in [-0.1, -0.05) is 6.07 Å². The molecule has 0 fully saturated rings. The Hall–Kier alpha value is -3.27. The number of nitrogens with zero attached hydrogens (tertiary/aromatic N) is 3. The molecule has 7 heteroatoms. The van der Waals surface area contributed by atoms with Crippen LogP contribution in [0.25, 0.3) is 11.0 Å². The van der Waals surface area contributed by atoms with E-state index in [0.29, 0.717) is 16.8 Å². The van der Waals surface area contributed by atoms with Crippen molar-refractivity contribution in [3.63, 3.8) is 0 Å². The minimum Gasteiger partial charge on any atom is -0.324 e. The highest BCUT2D eigenvalue weighted by atomic mass is 19.2. The van der Waals surface area contributed by atoms with Gasteiger partial charge in [0.05, 0.1) is 29.0 Å². The van der Waals surface area contributed by atoms with Crippen molar-refractivity contribution < 1.29 is 13.6 Å². The third-order valence-corrected chi connectivity index (χ3v) is 3.25. The van der Waals surface area contributed by atoms with Crippen molar-refractivity contribution in [3.8, 4) is 6.07 Å². The highest BCUT2D eigenvalue weighted by Gasteiger charge is 2.11. The number of rotatable bonds is 3. The third kappa shape index (κ3) is 3.01. The molecule has 5 nitrogen and oxygen atoms in total. The van der Waals surface area contributed by atoms with Crippen molar-refractivity contribution in [2.75, 3.05) is 5.32 Å². The number of benzene rings is 2. The zero-order valence-corrected chi connectivity index (χ0v) is 11.8. The molecule has 1 heterocycles. The SMILES string of the molecule is N#Cc1cccc(NC(=O)Cn2cnc3cc(F)c(F)cc32)c1. The Labute approximate surface area is 129 Å². The summed E-state index contributed by atoms with van der Waals surface area (Å²) < 4.78 is 27.9. The Morgan fingerprint density at radius 1 is 1.26 bits per heavy atom. The fraction of sp³-hybridized carbons (Fsp3) is 0.0625. The lowest BCUT2D eigenvalue weighted by Gasteiger charge is -2.07. The van der Waals surface area contributed by atoms with Crippen LogP contribution in [-0.2, 0) is 11.3 Å².